The molecule has 0 amide bonds. The van der Waals surface area contributed by atoms with Gasteiger partial charge >= 0.3 is 0 Å². The average molecular weight is 477 g/mol. The number of rotatable bonds is 10. The molecule has 0 bridgehead atoms. The molecule has 0 aliphatic carbocycles. The number of nitro groups is 1. The van der Waals surface area contributed by atoms with Crippen LogP contribution in [0.4, 0.5) is 5.69 Å². The Hall–Kier alpha value is -2.44. The Morgan fingerprint density at radius 1 is 1.38 bits per heavy atom. The topological polar surface area (TPSA) is 136 Å². The Kier molecular flexibility index (Phi) is 9.48. The molecule has 2 saturated heterocycles. The molecule has 2 aliphatic heterocycles. The van der Waals surface area contributed by atoms with E-state index < -0.39 is 17.3 Å². The van der Waals surface area contributed by atoms with Crippen molar-refractivity contribution in [1.82, 2.24) is 15.2 Å². The maximum atomic E-state index is 10.9. The number of nitrogens with one attached hydrogen (secondary N) is 1. The number of aliphatic hydroxyl groups excluding tert-OH is 2. The summed E-state index contributed by atoms with van der Waals surface area (Å²) < 4.78 is 5.30. The highest BCUT2D eigenvalue weighted by molar-refractivity contribution is 6.30. The standard InChI is InChI=1S/C23H36N6O5/c1-16-13-20(22(30)23(31)34-16)27(3)12-10-18(26-24-2)14-25-21-5-4-11-28(21)15-17-6-8-19(9-7-17)29(32)33/h6-9,14,16,20-24,30-31H,4-5,10-13,15H2,1-3H3/t16-,20+,21+,22-,23-/m1/s1. The molecule has 11 nitrogen and oxygen atoms in total. The van der Waals surface area contributed by atoms with E-state index in [-0.39, 0.29) is 24.0 Å². The molecule has 1 aromatic rings. The van der Waals surface area contributed by atoms with Gasteiger partial charge in [-0.2, -0.15) is 5.10 Å². The number of non-ortho nitro benzene ring substituents is 1. The van der Waals surface area contributed by atoms with Gasteiger partial charge < -0.3 is 25.3 Å². The molecule has 0 spiro atoms. The minimum atomic E-state index is -1.17. The van der Waals surface area contributed by atoms with Crippen LogP contribution in [0.1, 0.15) is 38.2 Å². The minimum Gasteiger partial charge on any atom is -0.386 e. The van der Waals surface area contributed by atoms with E-state index in [2.05, 4.69) is 15.4 Å². The third-order valence-electron chi connectivity index (χ3n) is 6.43. The van der Waals surface area contributed by atoms with Crippen LogP contribution in [-0.4, -0.2) is 94.8 Å². The molecule has 0 aromatic heterocycles. The second-order valence-corrected chi connectivity index (χ2v) is 8.98. The third-order valence-corrected chi connectivity index (χ3v) is 6.43. The van der Waals surface area contributed by atoms with E-state index >= 15 is 0 Å². The molecule has 0 saturated carbocycles. The summed E-state index contributed by atoms with van der Waals surface area (Å²) in [5.74, 6) is 0. The molecule has 3 rings (SSSR count). The lowest BCUT2D eigenvalue weighted by Crippen LogP contribution is -2.54. The van der Waals surface area contributed by atoms with Crippen molar-refractivity contribution in [2.24, 2.45) is 10.1 Å². The largest absolute Gasteiger partial charge is 0.386 e. The van der Waals surface area contributed by atoms with Crippen molar-refractivity contribution in [2.45, 2.75) is 69.9 Å². The van der Waals surface area contributed by atoms with Crippen LogP contribution in [0.3, 0.4) is 0 Å². The van der Waals surface area contributed by atoms with E-state index in [1.54, 1.807) is 25.4 Å². The molecular formula is C23H36N6O5. The normalized spacial score (nSPS) is 28.6. The number of ether oxygens (including phenoxy) is 1. The second kappa shape index (κ2) is 12.3. The van der Waals surface area contributed by atoms with Crippen molar-refractivity contribution >= 4 is 17.6 Å². The molecule has 2 fully saturated rings. The van der Waals surface area contributed by atoms with Crippen molar-refractivity contribution in [2.75, 3.05) is 27.2 Å². The van der Waals surface area contributed by atoms with Crippen LogP contribution in [-0.2, 0) is 11.3 Å². The van der Waals surface area contributed by atoms with Crippen LogP contribution in [0.2, 0.25) is 0 Å². The highest BCUT2D eigenvalue weighted by atomic mass is 16.6. The predicted octanol–water partition coefficient (Wildman–Crippen LogP) is 1.34. The number of hydrogen-bond acceptors (Lipinski definition) is 10. The second-order valence-electron chi connectivity index (χ2n) is 8.98. The molecule has 5 atom stereocenters. The smallest absolute Gasteiger partial charge is 0.269 e. The van der Waals surface area contributed by atoms with Gasteiger partial charge in [-0.05, 0) is 38.8 Å². The van der Waals surface area contributed by atoms with Crippen LogP contribution < -0.4 is 5.43 Å². The van der Waals surface area contributed by atoms with Crippen molar-refractivity contribution in [1.29, 1.82) is 0 Å². The van der Waals surface area contributed by atoms with Crippen molar-refractivity contribution in [3.63, 3.8) is 0 Å². The molecule has 11 heteroatoms. The highest BCUT2D eigenvalue weighted by Crippen LogP contribution is 2.23. The van der Waals surface area contributed by atoms with Crippen LogP contribution >= 0.6 is 0 Å². The Balaban J connectivity index is 1.56. The van der Waals surface area contributed by atoms with Crippen LogP contribution in [0.5, 0.6) is 0 Å². The third kappa shape index (κ3) is 7.03. The highest BCUT2D eigenvalue weighted by Gasteiger charge is 2.37. The number of nitro benzene ring substituents is 1. The molecule has 2 heterocycles. The first-order valence-electron chi connectivity index (χ1n) is 11.7. The first kappa shape index (κ1) is 26.2. The summed E-state index contributed by atoms with van der Waals surface area (Å²) in [6, 6.07) is 6.46. The van der Waals surface area contributed by atoms with E-state index in [0.717, 1.165) is 30.7 Å². The fourth-order valence-corrected chi connectivity index (χ4v) is 4.53. The number of likely N-dealkylation sites (N-methyl/N-ethyl adjacent to an activating group) is 1. The molecule has 34 heavy (non-hydrogen) atoms. The zero-order valence-corrected chi connectivity index (χ0v) is 20.1. The van der Waals surface area contributed by atoms with E-state index in [1.807, 2.05) is 18.9 Å². The van der Waals surface area contributed by atoms with Gasteiger partial charge in [0.2, 0.25) is 0 Å². The summed E-state index contributed by atoms with van der Waals surface area (Å²) in [6.07, 6.45) is 2.84. The summed E-state index contributed by atoms with van der Waals surface area (Å²) >= 11 is 0. The van der Waals surface area contributed by atoms with Gasteiger partial charge in [0.25, 0.3) is 5.69 Å². The lowest BCUT2D eigenvalue weighted by molar-refractivity contribution is -0.384. The van der Waals surface area contributed by atoms with E-state index in [1.165, 1.54) is 12.1 Å². The molecule has 0 radical (unpaired) electrons. The fraction of sp³-hybridized carbons (Fsp3) is 0.652. The molecule has 2 aliphatic rings. The monoisotopic (exact) mass is 476 g/mol. The number of benzene rings is 1. The zero-order chi connectivity index (χ0) is 24.7. The number of aliphatic hydroxyl groups is 2. The van der Waals surface area contributed by atoms with Crippen molar-refractivity contribution in [3.8, 4) is 0 Å². The first-order chi connectivity index (χ1) is 16.3. The maximum Gasteiger partial charge on any atom is 0.269 e. The maximum absolute atomic E-state index is 10.9. The Morgan fingerprint density at radius 2 is 2.12 bits per heavy atom. The lowest BCUT2D eigenvalue weighted by atomic mass is 9.98. The van der Waals surface area contributed by atoms with Gasteiger partial charge in [0.15, 0.2) is 6.29 Å². The minimum absolute atomic E-state index is 0.0308. The van der Waals surface area contributed by atoms with Gasteiger partial charge in [-0.15, -0.1) is 0 Å². The number of aliphatic imine (C=N–C) groups is 1. The SMILES string of the molecule is CNN=C(C=N[C@@H]1CCCN1Cc1ccc([N+](=O)[O-])cc1)CCN(C)[C@H]1C[C@@H](C)O[C@@H](O)[C@@H]1O. The number of hydrazone groups is 1. The van der Waals surface area contributed by atoms with Gasteiger partial charge in [0.1, 0.15) is 12.3 Å². The van der Waals surface area contributed by atoms with Gasteiger partial charge in [-0.1, -0.05) is 12.1 Å². The Labute approximate surface area is 200 Å². The summed E-state index contributed by atoms with van der Waals surface area (Å²) in [5, 5.41) is 35.5. The molecule has 3 N–H and O–H groups in total. The number of likely N-dealkylation sites (tertiary alicyclic amines) is 1. The predicted molar refractivity (Wildman–Crippen MR) is 130 cm³/mol. The summed E-state index contributed by atoms with van der Waals surface area (Å²) in [6.45, 7) is 4.14. The van der Waals surface area contributed by atoms with E-state index in [0.29, 0.717) is 25.9 Å². The molecule has 1 aromatic carbocycles. The van der Waals surface area contributed by atoms with Crippen molar-refractivity contribution < 1.29 is 19.9 Å². The van der Waals surface area contributed by atoms with Crippen molar-refractivity contribution in [3.05, 3.63) is 39.9 Å². The first-order valence-corrected chi connectivity index (χ1v) is 11.7. The van der Waals surface area contributed by atoms with E-state index in [9.17, 15) is 20.3 Å². The van der Waals surface area contributed by atoms with Crippen LogP contribution in [0, 0.1) is 10.1 Å². The lowest BCUT2D eigenvalue weighted by Gasteiger charge is -2.40. The van der Waals surface area contributed by atoms with Gasteiger partial charge in [-0.3, -0.25) is 20.0 Å². The van der Waals surface area contributed by atoms with Crippen LogP contribution in [0.25, 0.3) is 0 Å². The Morgan fingerprint density at radius 3 is 2.79 bits per heavy atom. The molecular weight excluding hydrogens is 440 g/mol. The number of hydrogen-bond donors (Lipinski definition) is 3. The Bertz CT molecular complexity index is 864. The van der Waals surface area contributed by atoms with Crippen LogP contribution in [0.15, 0.2) is 34.4 Å². The quantitative estimate of drug-likeness (QED) is 0.261. The summed E-state index contributed by atoms with van der Waals surface area (Å²) in [5.41, 5.74) is 4.74. The van der Waals surface area contributed by atoms with Gasteiger partial charge in [0, 0.05) is 57.5 Å². The van der Waals surface area contributed by atoms with Gasteiger partial charge in [0.05, 0.1) is 16.7 Å². The molecule has 188 valence electrons. The molecule has 0 unspecified atom stereocenters. The fourth-order valence-electron chi connectivity index (χ4n) is 4.53. The summed E-state index contributed by atoms with van der Waals surface area (Å²) in [4.78, 5) is 19.6. The zero-order valence-electron chi connectivity index (χ0n) is 20.1. The number of nitrogens with zero attached hydrogens (tertiary/aromatic N) is 5. The van der Waals surface area contributed by atoms with Gasteiger partial charge in [-0.25, -0.2) is 0 Å². The summed E-state index contributed by atoms with van der Waals surface area (Å²) in [7, 11) is 3.67. The average Bonchev–Trinajstić information content (AvgIpc) is 3.25. The van der Waals surface area contributed by atoms with E-state index in [4.69, 9.17) is 9.73 Å².